The van der Waals surface area contributed by atoms with Crippen LogP contribution in [-0.4, -0.2) is 59.6 Å². The second-order valence-corrected chi connectivity index (χ2v) is 4.76. The third kappa shape index (κ3) is 6.30. The van der Waals surface area contributed by atoms with Gasteiger partial charge < -0.3 is 24.3 Å². The largest absolute Gasteiger partial charge is 0.493 e. The molecule has 1 aromatic carbocycles. The standard InChI is InChI=1S/C16H23N3O6/c1-22-7-5-6-17-15(20)16(21)19-18-10-11-8-12(23-2)14(25-4)13(9-11)24-3/h8-10H,5-7H2,1-4H3,(H,17,20)(H,19,21)/b18-10+. The molecule has 0 aliphatic carbocycles. The van der Waals surface area contributed by atoms with Crippen molar-refractivity contribution in [1.82, 2.24) is 10.7 Å². The minimum atomic E-state index is -0.860. The van der Waals surface area contributed by atoms with E-state index < -0.39 is 11.8 Å². The molecule has 1 rings (SSSR count). The summed E-state index contributed by atoms with van der Waals surface area (Å²) in [6.45, 7) is 0.845. The maximum absolute atomic E-state index is 11.6. The van der Waals surface area contributed by atoms with Crippen LogP contribution in [0.25, 0.3) is 0 Å². The van der Waals surface area contributed by atoms with Crippen LogP contribution in [-0.2, 0) is 14.3 Å². The highest BCUT2D eigenvalue weighted by atomic mass is 16.5. The van der Waals surface area contributed by atoms with Gasteiger partial charge in [0.1, 0.15) is 0 Å². The first-order valence-corrected chi connectivity index (χ1v) is 7.47. The molecule has 1 aromatic rings. The fraction of sp³-hybridized carbons (Fsp3) is 0.438. The number of methoxy groups -OCH3 is 4. The summed E-state index contributed by atoms with van der Waals surface area (Å²) < 4.78 is 20.5. The van der Waals surface area contributed by atoms with Gasteiger partial charge in [-0.3, -0.25) is 9.59 Å². The molecule has 138 valence electrons. The number of hydrazone groups is 1. The summed E-state index contributed by atoms with van der Waals surface area (Å²) in [5.41, 5.74) is 2.74. The summed E-state index contributed by atoms with van der Waals surface area (Å²) in [5.74, 6) is -0.281. The van der Waals surface area contributed by atoms with Crippen LogP contribution in [0.5, 0.6) is 17.2 Å². The number of carbonyl (C=O) groups is 2. The molecule has 0 saturated heterocycles. The number of carbonyl (C=O) groups excluding carboxylic acids is 2. The molecule has 0 radical (unpaired) electrons. The average Bonchev–Trinajstić information content (AvgIpc) is 2.63. The van der Waals surface area contributed by atoms with Gasteiger partial charge in [0, 0.05) is 25.8 Å². The smallest absolute Gasteiger partial charge is 0.329 e. The number of hydrogen-bond acceptors (Lipinski definition) is 7. The number of nitrogens with zero attached hydrogens (tertiary/aromatic N) is 1. The van der Waals surface area contributed by atoms with Gasteiger partial charge in [0.2, 0.25) is 5.75 Å². The molecule has 0 heterocycles. The number of ether oxygens (including phenoxy) is 4. The lowest BCUT2D eigenvalue weighted by Crippen LogP contribution is -2.38. The Balaban J connectivity index is 2.66. The van der Waals surface area contributed by atoms with Gasteiger partial charge in [-0.15, -0.1) is 0 Å². The SMILES string of the molecule is COCCCNC(=O)C(=O)N/N=C/c1cc(OC)c(OC)c(OC)c1. The molecule has 0 saturated carbocycles. The van der Waals surface area contributed by atoms with E-state index in [2.05, 4.69) is 15.8 Å². The summed E-state index contributed by atoms with van der Waals surface area (Å²) in [7, 11) is 6.05. The van der Waals surface area contributed by atoms with Crippen LogP contribution in [0.1, 0.15) is 12.0 Å². The van der Waals surface area contributed by atoms with Crippen molar-refractivity contribution in [3.05, 3.63) is 17.7 Å². The van der Waals surface area contributed by atoms with Crippen molar-refractivity contribution < 1.29 is 28.5 Å². The second-order valence-electron chi connectivity index (χ2n) is 4.76. The van der Waals surface area contributed by atoms with Gasteiger partial charge in [0.25, 0.3) is 0 Å². The normalized spacial score (nSPS) is 10.4. The zero-order valence-corrected chi connectivity index (χ0v) is 14.8. The lowest BCUT2D eigenvalue weighted by Gasteiger charge is -2.12. The minimum Gasteiger partial charge on any atom is -0.493 e. The van der Waals surface area contributed by atoms with Crippen molar-refractivity contribution in [3.63, 3.8) is 0 Å². The van der Waals surface area contributed by atoms with Crippen molar-refractivity contribution in [3.8, 4) is 17.2 Å². The van der Waals surface area contributed by atoms with Gasteiger partial charge in [-0.05, 0) is 18.6 Å². The predicted octanol–water partition coefficient (Wildman–Crippen LogP) is 0.315. The summed E-state index contributed by atoms with van der Waals surface area (Å²) >= 11 is 0. The predicted molar refractivity (Wildman–Crippen MR) is 91.3 cm³/mol. The Hall–Kier alpha value is -2.81. The highest BCUT2D eigenvalue weighted by molar-refractivity contribution is 6.35. The van der Waals surface area contributed by atoms with Crippen LogP contribution in [0.15, 0.2) is 17.2 Å². The fourth-order valence-electron chi connectivity index (χ4n) is 1.89. The van der Waals surface area contributed by atoms with Crippen LogP contribution in [0.2, 0.25) is 0 Å². The second kappa shape index (κ2) is 10.9. The first-order valence-electron chi connectivity index (χ1n) is 7.47. The van der Waals surface area contributed by atoms with E-state index in [1.165, 1.54) is 27.5 Å². The Kier molecular flexibility index (Phi) is 8.80. The van der Waals surface area contributed by atoms with E-state index in [1.54, 1.807) is 19.2 Å². The molecule has 9 nitrogen and oxygen atoms in total. The molecule has 0 aliphatic rings. The van der Waals surface area contributed by atoms with E-state index in [1.807, 2.05) is 0 Å². The van der Waals surface area contributed by atoms with E-state index in [9.17, 15) is 9.59 Å². The summed E-state index contributed by atoms with van der Waals surface area (Å²) in [6, 6.07) is 3.31. The highest BCUT2D eigenvalue weighted by Crippen LogP contribution is 2.37. The Morgan fingerprint density at radius 3 is 2.20 bits per heavy atom. The quantitative estimate of drug-likeness (QED) is 0.286. The fourth-order valence-corrected chi connectivity index (χ4v) is 1.89. The zero-order chi connectivity index (χ0) is 18.7. The number of hydrogen-bond donors (Lipinski definition) is 2. The summed E-state index contributed by atoms with van der Waals surface area (Å²) in [6.07, 6.45) is 1.98. The van der Waals surface area contributed by atoms with Crippen molar-refractivity contribution in [1.29, 1.82) is 0 Å². The van der Waals surface area contributed by atoms with Crippen LogP contribution >= 0.6 is 0 Å². The van der Waals surface area contributed by atoms with Gasteiger partial charge in [-0.1, -0.05) is 0 Å². The highest BCUT2D eigenvalue weighted by Gasteiger charge is 2.13. The monoisotopic (exact) mass is 353 g/mol. The maximum Gasteiger partial charge on any atom is 0.329 e. The maximum atomic E-state index is 11.6. The van der Waals surface area contributed by atoms with Gasteiger partial charge >= 0.3 is 11.8 Å². The topological polar surface area (TPSA) is 107 Å². The van der Waals surface area contributed by atoms with E-state index in [0.717, 1.165) is 0 Å². The molecule has 0 atom stereocenters. The van der Waals surface area contributed by atoms with Gasteiger partial charge in [-0.25, -0.2) is 5.43 Å². The molecule has 9 heteroatoms. The number of amides is 2. The molecule has 25 heavy (non-hydrogen) atoms. The molecule has 0 unspecified atom stereocenters. The van der Waals surface area contributed by atoms with Crippen molar-refractivity contribution in [2.45, 2.75) is 6.42 Å². The lowest BCUT2D eigenvalue weighted by atomic mass is 10.2. The van der Waals surface area contributed by atoms with Crippen LogP contribution in [0.4, 0.5) is 0 Å². The van der Waals surface area contributed by atoms with E-state index in [4.69, 9.17) is 18.9 Å². The van der Waals surface area contributed by atoms with Crippen molar-refractivity contribution in [2.24, 2.45) is 5.10 Å². The first kappa shape index (κ1) is 20.2. The molecule has 2 amide bonds. The van der Waals surface area contributed by atoms with E-state index in [0.29, 0.717) is 42.4 Å². The zero-order valence-electron chi connectivity index (χ0n) is 14.8. The molecule has 0 fully saturated rings. The number of nitrogens with one attached hydrogen (secondary N) is 2. The third-order valence-electron chi connectivity index (χ3n) is 3.08. The summed E-state index contributed by atoms with van der Waals surface area (Å²) in [4.78, 5) is 23.1. The molecular weight excluding hydrogens is 330 g/mol. The van der Waals surface area contributed by atoms with Crippen LogP contribution in [0, 0.1) is 0 Å². The Bertz CT molecular complexity index is 593. The Labute approximate surface area is 146 Å². The van der Waals surface area contributed by atoms with Crippen LogP contribution in [0.3, 0.4) is 0 Å². The Morgan fingerprint density at radius 1 is 1.04 bits per heavy atom. The molecule has 0 bridgehead atoms. The molecular formula is C16H23N3O6. The lowest BCUT2D eigenvalue weighted by molar-refractivity contribution is -0.139. The van der Waals surface area contributed by atoms with E-state index in [-0.39, 0.29) is 0 Å². The van der Waals surface area contributed by atoms with Crippen molar-refractivity contribution >= 4 is 18.0 Å². The Morgan fingerprint density at radius 2 is 1.68 bits per heavy atom. The number of rotatable bonds is 9. The van der Waals surface area contributed by atoms with E-state index >= 15 is 0 Å². The summed E-state index contributed by atoms with van der Waals surface area (Å²) in [5, 5.41) is 6.21. The molecule has 0 aromatic heterocycles. The molecule has 0 spiro atoms. The average molecular weight is 353 g/mol. The third-order valence-corrected chi connectivity index (χ3v) is 3.08. The molecule has 0 aliphatic heterocycles. The van der Waals surface area contributed by atoms with Crippen LogP contribution < -0.4 is 25.0 Å². The van der Waals surface area contributed by atoms with Gasteiger partial charge in [-0.2, -0.15) is 5.10 Å². The first-order chi connectivity index (χ1) is 12.1. The minimum absolute atomic E-state index is 0.344. The number of benzene rings is 1. The van der Waals surface area contributed by atoms with Crippen molar-refractivity contribution in [2.75, 3.05) is 41.6 Å². The molecule has 2 N–H and O–H groups in total. The van der Waals surface area contributed by atoms with Gasteiger partial charge in [0.15, 0.2) is 11.5 Å². The van der Waals surface area contributed by atoms with Gasteiger partial charge in [0.05, 0.1) is 27.5 Å².